The van der Waals surface area contributed by atoms with Gasteiger partial charge in [-0.15, -0.1) is 0 Å². The summed E-state index contributed by atoms with van der Waals surface area (Å²) in [6.07, 6.45) is 7.10. The summed E-state index contributed by atoms with van der Waals surface area (Å²) in [5.41, 5.74) is 4.03. The second-order valence-corrected chi connectivity index (χ2v) is 8.55. The van der Waals surface area contributed by atoms with Crippen LogP contribution in [0.15, 0.2) is 49.2 Å². The number of benzene rings is 1. The van der Waals surface area contributed by atoms with E-state index in [-0.39, 0.29) is 17.8 Å². The molecule has 0 bridgehead atoms. The monoisotopic (exact) mass is 475 g/mol. The van der Waals surface area contributed by atoms with Crippen molar-refractivity contribution in [3.63, 3.8) is 0 Å². The van der Waals surface area contributed by atoms with Gasteiger partial charge >= 0.3 is 6.01 Å². The number of pyridine rings is 1. The Balaban J connectivity index is 1.53. The fraction of sp³-hybridized carbons (Fsp3) is 0.346. The third kappa shape index (κ3) is 5.68. The van der Waals surface area contributed by atoms with E-state index in [1.54, 1.807) is 12.4 Å². The first-order valence-electron chi connectivity index (χ1n) is 11.8. The molecule has 8 nitrogen and oxygen atoms in total. The van der Waals surface area contributed by atoms with Crippen molar-refractivity contribution >= 4 is 16.7 Å². The lowest BCUT2D eigenvalue weighted by molar-refractivity contribution is 0.222. The fourth-order valence-electron chi connectivity index (χ4n) is 4.00. The molecule has 3 aromatic heterocycles. The van der Waals surface area contributed by atoms with Crippen LogP contribution < -0.4 is 15.4 Å². The number of halogens is 1. The van der Waals surface area contributed by atoms with Gasteiger partial charge in [0.1, 0.15) is 18.0 Å². The molecule has 0 spiro atoms. The van der Waals surface area contributed by atoms with Crippen LogP contribution in [0.1, 0.15) is 44.2 Å². The Kier molecular flexibility index (Phi) is 7.77. The van der Waals surface area contributed by atoms with E-state index in [4.69, 9.17) is 4.74 Å². The number of fused-ring (bicyclic) bond motifs is 1. The zero-order chi connectivity index (χ0) is 24.8. The highest BCUT2D eigenvalue weighted by atomic mass is 19.1. The molecule has 1 unspecified atom stereocenters. The van der Waals surface area contributed by atoms with Crippen molar-refractivity contribution < 1.29 is 9.13 Å². The van der Waals surface area contributed by atoms with Gasteiger partial charge in [-0.1, -0.05) is 25.1 Å². The van der Waals surface area contributed by atoms with Crippen LogP contribution in [-0.2, 0) is 6.54 Å². The number of para-hydroxylation sites is 1. The summed E-state index contributed by atoms with van der Waals surface area (Å²) < 4.78 is 19.9. The number of ether oxygens (including phenoxy) is 1. The standard InChI is InChI=1S/C26H30FN7O/c1-5-17(19-7-6-8-20-21(13-28-4)22(27)14-30-25(19)20)10-29-24-9-23(33-15-34-24)18-11-31-26(32-12-18)35-16(2)3/h6-9,11-12,14-17,28H,5,10,13H2,1-4H3,(H,29,33,34). The van der Waals surface area contributed by atoms with Crippen LogP contribution in [0.4, 0.5) is 10.2 Å². The molecule has 3 heterocycles. The molecule has 0 aliphatic carbocycles. The predicted molar refractivity (Wildman–Crippen MR) is 135 cm³/mol. The molecule has 0 amide bonds. The maximum atomic E-state index is 14.4. The molecule has 0 aliphatic rings. The molecule has 4 aromatic rings. The number of nitrogens with one attached hydrogen (secondary N) is 2. The van der Waals surface area contributed by atoms with Crippen molar-refractivity contribution in [3.8, 4) is 17.3 Å². The zero-order valence-corrected chi connectivity index (χ0v) is 20.4. The van der Waals surface area contributed by atoms with Crippen molar-refractivity contribution in [1.82, 2.24) is 30.2 Å². The van der Waals surface area contributed by atoms with Gasteiger partial charge in [0, 0.05) is 54.0 Å². The van der Waals surface area contributed by atoms with Crippen molar-refractivity contribution in [2.24, 2.45) is 0 Å². The molecule has 0 saturated heterocycles. The van der Waals surface area contributed by atoms with E-state index in [9.17, 15) is 4.39 Å². The Hall–Kier alpha value is -3.72. The minimum Gasteiger partial charge on any atom is -0.461 e. The molecule has 0 saturated carbocycles. The molecular weight excluding hydrogens is 445 g/mol. The molecule has 0 fully saturated rings. The number of anilines is 1. The van der Waals surface area contributed by atoms with Crippen LogP contribution in [0, 0.1) is 5.82 Å². The van der Waals surface area contributed by atoms with Gasteiger partial charge in [0.2, 0.25) is 0 Å². The number of rotatable bonds is 10. The zero-order valence-electron chi connectivity index (χ0n) is 20.4. The highest BCUT2D eigenvalue weighted by Crippen LogP contribution is 2.30. The number of hydrogen-bond acceptors (Lipinski definition) is 8. The van der Waals surface area contributed by atoms with E-state index in [0.717, 1.165) is 28.5 Å². The van der Waals surface area contributed by atoms with Gasteiger partial charge < -0.3 is 15.4 Å². The van der Waals surface area contributed by atoms with Crippen molar-refractivity contribution in [2.75, 3.05) is 18.9 Å². The van der Waals surface area contributed by atoms with E-state index in [0.29, 0.717) is 36.2 Å². The van der Waals surface area contributed by atoms with Gasteiger partial charge in [-0.3, -0.25) is 4.98 Å². The largest absolute Gasteiger partial charge is 0.461 e. The van der Waals surface area contributed by atoms with E-state index >= 15 is 0 Å². The van der Waals surface area contributed by atoms with Crippen LogP contribution >= 0.6 is 0 Å². The third-order valence-electron chi connectivity index (χ3n) is 5.74. The smallest absolute Gasteiger partial charge is 0.316 e. The van der Waals surface area contributed by atoms with Gasteiger partial charge in [-0.05, 0) is 32.9 Å². The van der Waals surface area contributed by atoms with Gasteiger partial charge in [-0.25, -0.2) is 24.3 Å². The molecule has 1 aromatic carbocycles. The second kappa shape index (κ2) is 11.1. The van der Waals surface area contributed by atoms with Crippen LogP contribution in [0.25, 0.3) is 22.2 Å². The number of hydrogen-bond donors (Lipinski definition) is 2. The van der Waals surface area contributed by atoms with Crippen molar-refractivity contribution in [2.45, 2.75) is 45.8 Å². The van der Waals surface area contributed by atoms with Crippen LogP contribution in [-0.4, -0.2) is 44.6 Å². The average molecular weight is 476 g/mol. The first-order chi connectivity index (χ1) is 17.0. The molecular formula is C26H30FN7O. The Morgan fingerprint density at radius 3 is 2.54 bits per heavy atom. The van der Waals surface area contributed by atoms with Gasteiger partial charge in [-0.2, -0.15) is 0 Å². The van der Waals surface area contributed by atoms with Crippen LogP contribution in [0.5, 0.6) is 6.01 Å². The average Bonchev–Trinajstić information content (AvgIpc) is 2.86. The topological polar surface area (TPSA) is 97.7 Å². The summed E-state index contributed by atoms with van der Waals surface area (Å²) in [6.45, 7) is 7.08. The lowest BCUT2D eigenvalue weighted by atomic mass is 9.92. The minimum atomic E-state index is -0.295. The Bertz CT molecular complexity index is 1280. The first kappa shape index (κ1) is 24.4. The van der Waals surface area contributed by atoms with Crippen molar-refractivity contribution in [1.29, 1.82) is 0 Å². The van der Waals surface area contributed by atoms with Gasteiger partial charge in [0.25, 0.3) is 0 Å². The summed E-state index contributed by atoms with van der Waals surface area (Å²) in [7, 11) is 1.81. The minimum absolute atomic E-state index is 0.00747. The predicted octanol–water partition coefficient (Wildman–Crippen LogP) is 4.73. The quantitative estimate of drug-likeness (QED) is 0.340. The van der Waals surface area contributed by atoms with Crippen LogP contribution in [0.3, 0.4) is 0 Å². The second-order valence-electron chi connectivity index (χ2n) is 8.55. The lowest BCUT2D eigenvalue weighted by Gasteiger charge is -2.19. The molecule has 2 N–H and O–H groups in total. The summed E-state index contributed by atoms with van der Waals surface area (Å²) >= 11 is 0. The molecule has 0 radical (unpaired) electrons. The van der Waals surface area contributed by atoms with Gasteiger partial charge in [0.15, 0.2) is 0 Å². The van der Waals surface area contributed by atoms with Crippen molar-refractivity contribution in [3.05, 3.63) is 66.1 Å². The summed E-state index contributed by atoms with van der Waals surface area (Å²) in [5, 5.41) is 7.31. The molecule has 1 atom stereocenters. The summed E-state index contributed by atoms with van der Waals surface area (Å²) in [5.74, 6) is 0.566. The normalized spacial score (nSPS) is 12.2. The molecule has 182 valence electrons. The molecule has 0 aliphatic heterocycles. The summed E-state index contributed by atoms with van der Waals surface area (Å²) in [4.78, 5) is 21.7. The lowest BCUT2D eigenvalue weighted by Crippen LogP contribution is -2.14. The van der Waals surface area contributed by atoms with E-state index < -0.39 is 0 Å². The van der Waals surface area contributed by atoms with E-state index in [1.165, 1.54) is 12.5 Å². The third-order valence-corrected chi connectivity index (χ3v) is 5.74. The highest BCUT2D eigenvalue weighted by molar-refractivity contribution is 5.85. The van der Waals surface area contributed by atoms with Crippen LogP contribution in [0.2, 0.25) is 0 Å². The molecule has 9 heteroatoms. The Labute approximate surface area is 204 Å². The highest BCUT2D eigenvalue weighted by Gasteiger charge is 2.17. The molecule has 35 heavy (non-hydrogen) atoms. The fourth-order valence-corrected chi connectivity index (χ4v) is 4.00. The van der Waals surface area contributed by atoms with E-state index in [2.05, 4.69) is 48.5 Å². The number of aromatic nitrogens is 5. The summed E-state index contributed by atoms with van der Waals surface area (Å²) in [6, 6.07) is 8.17. The maximum absolute atomic E-state index is 14.4. The number of nitrogens with zero attached hydrogens (tertiary/aromatic N) is 5. The Morgan fingerprint density at radius 2 is 1.83 bits per heavy atom. The molecule has 4 rings (SSSR count). The SMILES string of the molecule is CCC(CNc1cc(-c2cnc(OC(C)C)nc2)ncn1)c1cccc2c(CNC)c(F)cnc12. The maximum Gasteiger partial charge on any atom is 0.316 e. The van der Waals surface area contributed by atoms with Gasteiger partial charge in [0.05, 0.1) is 23.5 Å². The Morgan fingerprint density at radius 1 is 1.03 bits per heavy atom. The van der Waals surface area contributed by atoms with E-state index in [1.807, 2.05) is 39.1 Å². The first-order valence-corrected chi connectivity index (χ1v) is 11.8.